The largest absolute Gasteiger partial charge is 0.492 e. The standard InChI is InChI=1S/C20H25N3O2/c1-16-7-8-17(21)15-19(16)20(24)23-11-9-22(10-12-23)13-14-25-18-5-3-2-4-6-18/h2-8,15H,9-14,21H2,1H3. The first-order valence-electron chi connectivity index (χ1n) is 8.69. The van der Waals surface area contributed by atoms with E-state index >= 15 is 0 Å². The number of benzene rings is 2. The topological polar surface area (TPSA) is 58.8 Å². The second kappa shape index (κ2) is 8.03. The Kier molecular flexibility index (Phi) is 5.56. The molecule has 0 radical (unpaired) electrons. The van der Waals surface area contributed by atoms with Crippen molar-refractivity contribution >= 4 is 11.6 Å². The van der Waals surface area contributed by atoms with Crippen LogP contribution in [0.1, 0.15) is 15.9 Å². The molecular formula is C20H25N3O2. The van der Waals surface area contributed by atoms with Gasteiger partial charge in [0.25, 0.3) is 5.91 Å². The maximum Gasteiger partial charge on any atom is 0.254 e. The molecule has 0 spiro atoms. The minimum absolute atomic E-state index is 0.0741. The lowest BCUT2D eigenvalue weighted by atomic mass is 10.1. The first-order chi connectivity index (χ1) is 12.1. The number of para-hydroxylation sites is 1. The van der Waals surface area contributed by atoms with Gasteiger partial charge < -0.3 is 15.4 Å². The number of nitrogen functional groups attached to an aromatic ring is 1. The van der Waals surface area contributed by atoms with Gasteiger partial charge in [0.15, 0.2) is 0 Å². The highest BCUT2D eigenvalue weighted by molar-refractivity contribution is 5.96. The molecule has 2 aromatic carbocycles. The highest BCUT2D eigenvalue weighted by atomic mass is 16.5. The summed E-state index contributed by atoms with van der Waals surface area (Å²) in [4.78, 5) is 17.0. The van der Waals surface area contributed by atoms with Crippen LogP contribution in [0.15, 0.2) is 48.5 Å². The maximum absolute atomic E-state index is 12.7. The Bertz CT molecular complexity index is 710. The molecule has 3 rings (SSSR count). The second-order valence-electron chi connectivity index (χ2n) is 6.37. The van der Waals surface area contributed by atoms with Gasteiger partial charge >= 0.3 is 0 Å². The van der Waals surface area contributed by atoms with Crippen molar-refractivity contribution in [2.75, 3.05) is 45.1 Å². The van der Waals surface area contributed by atoms with E-state index in [4.69, 9.17) is 10.5 Å². The van der Waals surface area contributed by atoms with E-state index in [1.54, 1.807) is 6.07 Å². The molecule has 2 aromatic rings. The van der Waals surface area contributed by atoms with Crippen molar-refractivity contribution < 1.29 is 9.53 Å². The number of carbonyl (C=O) groups excluding carboxylic acids is 1. The Labute approximate surface area is 149 Å². The summed E-state index contributed by atoms with van der Waals surface area (Å²) >= 11 is 0. The van der Waals surface area contributed by atoms with Crippen molar-refractivity contribution in [3.8, 4) is 5.75 Å². The van der Waals surface area contributed by atoms with Crippen LogP contribution in [0.3, 0.4) is 0 Å². The summed E-state index contributed by atoms with van der Waals surface area (Å²) in [5, 5.41) is 0. The van der Waals surface area contributed by atoms with Gasteiger partial charge in [-0.15, -0.1) is 0 Å². The summed E-state index contributed by atoms with van der Waals surface area (Å²) in [5.41, 5.74) is 8.14. The number of carbonyl (C=O) groups is 1. The molecule has 1 heterocycles. The zero-order valence-corrected chi connectivity index (χ0v) is 14.6. The van der Waals surface area contributed by atoms with E-state index in [0.717, 1.165) is 44.0 Å². The summed E-state index contributed by atoms with van der Waals surface area (Å²) in [6.07, 6.45) is 0. The highest BCUT2D eigenvalue weighted by Gasteiger charge is 2.23. The van der Waals surface area contributed by atoms with Crippen molar-refractivity contribution in [1.29, 1.82) is 0 Å². The van der Waals surface area contributed by atoms with Gasteiger partial charge in [0.2, 0.25) is 0 Å². The van der Waals surface area contributed by atoms with Gasteiger partial charge in [-0.25, -0.2) is 0 Å². The van der Waals surface area contributed by atoms with Crippen LogP contribution in [0.2, 0.25) is 0 Å². The van der Waals surface area contributed by atoms with Crippen molar-refractivity contribution in [1.82, 2.24) is 9.80 Å². The SMILES string of the molecule is Cc1ccc(N)cc1C(=O)N1CCN(CCOc2ccccc2)CC1. The number of aryl methyl sites for hydroxylation is 1. The molecule has 0 unspecified atom stereocenters. The molecule has 0 aromatic heterocycles. The highest BCUT2D eigenvalue weighted by Crippen LogP contribution is 2.16. The van der Waals surface area contributed by atoms with E-state index in [2.05, 4.69) is 4.90 Å². The summed E-state index contributed by atoms with van der Waals surface area (Å²) < 4.78 is 5.75. The van der Waals surface area contributed by atoms with Crippen LogP contribution in [-0.2, 0) is 0 Å². The molecule has 0 bridgehead atoms. The molecule has 132 valence electrons. The average Bonchev–Trinajstić information content (AvgIpc) is 2.65. The zero-order chi connectivity index (χ0) is 17.6. The molecule has 0 saturated carbocycles. The van der Waals surface area contributed by atoms with E-state index in [9.17, 15) is 4.79 Å². The number of piperazine rings is 1. The summed E-state index contributed by atoms with van der Waals surface area (Å²) in [6, 6.07) is 15.4. The summed E-state index contributed by atoms with van der Waals surface area (Å²) in [6.45, 7) is 6.68. The third-order valence-corrected chi connectivity index (χ3v) is 4.57. The van der Waals surface area contributed by atoms with Crippen LogP contribution in [0.25, 0.3) is 0 Å². The molecule has 25 heavy (non-hydrogen) atoms. The van der Waals surface area contributed by atoms with Crippen molar-refractivity contribution in [3.05, 3.63) is 59.7 Å². The fraction of sp³-hybridized carbons (Fsp3) is 0.350. The Morgan fingerprint density at radius 1 is 1.08 bits per heavy atom. The Balaban J connectivity index is 1.47. The third kappa shape index (κ3) is 4.51. The van der Waals surface area contributed by atoms with Crippen LogP contribution >= 0.6 is 0 Å². The van der Waals surface area contributed by atoms with Crippen LogP contribution in [0.4, 0.5) is 5.69 Å². The molecule has 1 aliphatic heterocycles. The molecular weight excluding hydrogens is 314 g/mol. The van der Waals surface area contributed by atoms with Gasteiger partial charge in [-0.05, 0) is 36.8 Å². The molecule has 1 fully saturated rings. The van der Waals surface area contributed by atoms with Crippen LogP contribution in [0, 0.1) is 6.92 Å². The quantitative estimate of drug-likeness (QED) is 0.850. The molecule has 5 heteroatoms. The van der Waals surface area contributed by atoms with E-state index in [1.165, 1.54) is 0 Å². The van der Waals surface area contributed by atoms with E-state index in [1.807, 2.05) is 54.3 Å². The maximum atomic E-state index is 12.7. The fourth-order valence-electron chi connectivity index (χ4n) is 3.02. The molecule has 0 aliphatic carbocycles. The Hall–Kier alpha value is -2.53. The van der Waals surface area contributed by atoms with Gasteiger partial charge in [-0.3, -0.25) is 9.69 Å². The van der Waals surface area contributed by atoms with E-state index < -0.39 is 0 Å². The van der Waals surface area contributed by atoms with Gasteiger partial charge in [0.1, 0.15) is 12.4 Å². The van der Waals surface area contributed by atoms with Gasteiger partial charge in [0.05, 0.1) is 0 Å². The molecule has 1 amide bonds. The van der Waals surface area contributed by atoms with Gasteiger partial charge in [-0.2, -0.15) is 0 Å². The lowest BCUT2D eigenvalue weighted by molar-refractivity contribution is 0.0619. The number of amides is 1. The summed E-state index contributed by atoms with van der Waals surface area (Å²) in [5.74, 6) is 0.971. The molecule has 5 nitrogen and oxygen atoms in total. The predicted molar refractivity (Wildman–Crippen MR) is 99.9 cm³/mol. The number of nitrogens with two attached hydrogens (primary N) is 1. The number of anilines is 1. The Morgan fingerprint density at radius 2 is 1.80 bits per heavy atom. The van der Waals surface area contributed by atoms with Crippen LogP contribution in [0.5, 0.6) is 5.75 Å². The number of rotatable bonds is 5. The van der Waals surface area contributed by atoms with E-state index in [0.29, 0.717) is 17.9 Å². The number of ether oxygens (including phenoxy) is 1. The number of hydrogen-bond donors (Lipinski definition) is 1. The van der Waals surface area contributed by atoms with E-state index in [-0.39, 0.29) is 5.91 Å². The molecule has 2 N–H and O–H groups in total. The lowest BCUT2D eigenvalue weighted by Gasteiger charge is -2.35. The van der Waals surface area contributed by atoms with Crippen LogP contribution < -0.4 is 10.5 Å². The van der Waals surface area contributed by atoms with Crippen molar-refractivity contribution in [2.24, 2.45) is 0 Å². The zero-order valence-electron chi connectivity index (χ0n) is 14.6. The molecule has 0 atom stereocenters. The first-order valence-corrected chi connectivity index (χ1v) is 8.69. The van der Waals surface area contributed by atoms with Crippen LogP contribution in [-0.4, -0.2) is 55.0 Å². The summed E-state index contributed by atoms with van der Waals surface area (Å²) in [7, 11) is 0. The second-order valence-corrected chi connectivity index (χ2v) is 6.37. The smallest absolute Gasteiger partial charge is 0.254 e. The molecule has 1 aliphatic rings. The minimum Gasteiger partial charge on any atom is -0.492 e. The van der Waals surface area contributed by atoms with Crippen molar-refractivity contribution in [2.45, 2.75) is 6.92 Å². The molecule has 1 saturated heterocycles. The Morgan fingerprint density at radius 3 is 2.52 bits per heavy atom. The normalized spacial score (nSPS) is 15.2. The third-order valence-electron chi connectivity index (χ3n) is 4.57. The van der Waals surface area contributed by atoms with Gasteiger partial charge in [-0.1, -0.05) is 24.3 Å². The minimum atomic E-state index is 0.0741. The monoisotopic (exact) mass is 339 g/mol. The van der Waals surface area contributed by atoms with Gasteiger partial charge in [0, 0.05) is 44.0 Å². The number of nitrogens with zero attached hydrogens (tertiary/aromatic N) is 2. The average molecular weight is 339 g/mol. The first kappa shape index (κ1) is 17.3. The van der Waals surface area contributed by atoms with Crippen molar-refractivity contribution in [3.63, 3.8) is 0 Å². The number of hydrogen-bond acceptors (Lipinski definition) is 4. The fourth-order valence-corrected chi connectivity index (χ4v) is 3.02. The lowest BCUT2D eigenvalue weighted by Crippen LogP contribution is -2.49. The predicted octanol–water partition coefficient (Wildman–Crippen LogP) is 2.41.